The van der Waals surface area contributed by atoms with Gasteiger partial charge in [0.05, 0.1) is 19.3 Å². The van der Waals surface area contributed by atoms with E-state index in [1.54, 1.807) is 13.1 Å². The van der Waals surface area contributed by atoms with Gasteiger partial charge in [0.1, 0.15) is 5.92 Å². The number of carbonyl (C=O) groups excluding carboxylic acids is 1. The van der Waals surface area contributed by atoms with Gasteiger partial charge in [-0.2, -0.15) is 0 Å². The number of likely N-dealkylation sites (N-methyl/N-ethyl adjacent to an activating group) is 1. The summed E-state index contributed by atoms with van der Waals surface area (Å²) in [5.74, 6) is -1.68. The highest BCUT2D eigenvalue weighted by Gasteiger charge is 2.38. The van der Waals surface area contributed by atoms with Crippen LogP contribution in [-0.4, -0.2) is 48.2 Å². The molecule has 2 rings (SSSR count). The molecule has 1 fully saturated rings. The van der Waals surface area contributed by atoms with Crippen molar-refractivity contribution in [2.45, 2.75) is 18.9 Å². The van der Waals surface area contributed by atoms with Gasteiger partial charge in [0.25, 0.3) is 0 Å². The fourth-order valence-corrected chi connectivity index (χ4v) is 2.69. The van der Waals surface area contributed by atoms with Crippen molar-refractivity contribution in [1.82, 2.24) is 4.90 Å². The number of rotatable bonds is 5. The molecule has 2 unspecified atom stereocenters. The van der Waals surface area contributed by atoms with E-state index in [1.807, 2.05) is 18.2 Å². The fourth-order valence-electron chi connectivity index (χ4n) is 2.46. The zero-order valence-electron chi connectivity index (χ0n) is 11.8. The molecule has 0 radical (unpaired) electrons. The van der Waals surface area contributed by atoms with Gasteiger partial charge in [-0.25, -0.2) is 0 Å². The lowest BCUT2D eigenvalue weighted by molar-refractivity contribution is -0.144. The molecule has 0 aromatic heterocycles. The van der Waals surface area contributed by atoms with Crippen LogP contribution in [0.4, 0.5) is 0 Å². The van der Waals surface area contributed by atoms with E-state index in [4.69, 9.17) is 21.4 Å². The molecule has 6 heteroatoms. The smallest absolute Gasteiger partial charge is 0.311 e. The molecule has 1 N–H and O–H groups in total. The van der Waals surface area contributed by atoms with Gasteiger partial charge in [0, 0.05) is 18.5 Å². The third-order valence-electron chi connectivity index (χ3n) is 3.82. The Hall–Kier alpha value is -1.59. The summed E-state index contributed by atoms with van der Waals surface area (Å²) in [6.07, 6.45) is 0.831. The standard InChI is InChI=1S/C15H18ClNO4/c1-17(13-9-21-8-11(13)15(19)20)14(18)7-6-10-4-2-3-5-12(10)16/h2-5,11,13H,6-9H2,1H3,(H,19,20). The number of benzene rings is 1. The number of nitrogens with zero attached hydrogens (tertiary/aromatic N) is 1. The van der Waals surface area contributed by atoms with Crippen LogP contribution in [0.2, 0.25) is 5.02 Å². The average molecular weight is 312 g/mol. The summed E-state index contributed by atoms with van der Waals surface area (Å²) in [4.78, 5) is 24.8. The quantitative estimate of drug-likeness (QED) is 0.901. The van der Waals surface area contributed by atoms with Gasteiger partial charge in [-0.3, -0.25) is 9.59 Å². The third kappa shape index (κ3) is 3.74. The lowest BCUT2D eigenvalue weighted by Gasteiger charge is -2.26. The van der Waals surface area contributed by atoms with Gasteiger partial charge < -0.3 is 14.7 Å². The Bertz CT molecular complexity index is 534. The van der Waals surface area contributed by atoms with Crippen molar-refractivity contribution in [2.75, 3.05) is 20.3 Å². The minimum atomic E-state index is -0.928. The number of carbonyl (C=O) groups is 2. The number of hydrogen-bond donors (Lipinski definition) is 1. The summed E-state index contributed by atoms with van der Waals surface area (Å²) in [5.41, 5.74) is 0.915. The zero-order chi connectivity index (χ0) is 15.4. The Kier molecular flexibility index (Phi) is 5.20. The van der Waals surface area contributed by atoms with Crippen LogP contribution in [0.5, 0.6) is 0 Å². The summed E-state index contributed by atoms with van der Waals surface area (Å²) >= 11 is 6.06. The van der Waals surface area contributed by atoms with Crippen LogP contribution < -0.4 is 0 Å². The molecule has 1 amide bonds. The molecule has 0 bridgehead atoms. The minimum Gasteiger partial charge on any atom is -0.481 e. The first-order chi connectivity index (χ1) is 10.0. The van der Waals surface area contributed by atoms with Crippen molar-refractivity contribution in [1.29, 1.82) is 0 Å². The van der Waals surface area contributed by atoms with E-state index in [0.717, 1.165) is 5.56 Å². The fraction of sp³-hybridized carbons (Fsp3) is 0.467. The normalized spacial score (nSPS) is 21.2. The number of halogens is 1. The maximum Gasteiger partial charge on any atom is 0.311 e. The van der Waals surface area contributed by atoms with Crippen LogP contribution in [0.1, 0.15) is 12.0 Å². The van der Waals surface area contributed by atoms with Crippen molar-refractivity contribution in [2.24, 2.45) is 5.92 Å². The van der Waals surface area contributed by atoms with Gasteiger partial charge in [-0.05, 0) is 18.1 Å². The van der Waals surface area contributed by atoms with E-state index < -0.39 is 17.9 Å². The molecule has 1 saturated heterocycles. The minimum absolute atomic E-state index is 0.100. The van der Waals surface area contributed by atoms with Crippen LogP contribution in [0.25, 0.3) is 0 Å². The number of hydrogen-bond acceptors (Lipinski definition) is 3. The lowest BCUT2D eigenvalue weighted by atomic mass is 10.0. The maximum atomic E-state index is 12.2. The van der Waals surface area contributed by atoms with Gasteiger partial charge >= 0.3 is 5.97 Å². The summed E-state index contributed by atoms with van der Waals surface area (Å²) < 4.78 is 5.19. The second-order valence-corrected chi connectivity index (χ2v) is 5.55. The third-order valence-corrected chi connectivity index (χ3v) is 4.19. The number of ether oxygens (including phenoxy) is 1. The van der Waals surface area contributed by atoms with Crippen LogP contribution in [0.15, 0.2) is 24.3 Å². The Morgan fingerprint density at radius 2 is 2.10 bits per heavy atom. The predicted octanol–water partition coefficient (Wildman–Crippen LogP) is 1.83. The largest absolute Gasteiger partial charge is 0.481 e. The van der Waals surface area contributed by atoms with E-state index in [0.29, 0.717) is 17.9 Å². The highest BCUT2D eigenvalue weighted by atomic mass is 35.5. The molecule has 1 aliphatic rings. The van der Waals surface area contributed by atoms with Gasteiger partial charge in [-0.15, -0.1) is 0 Å². The molecular weight excluding hydrogens is 294 g/mol. The van der Waals surface area contributed by atoms with Crippen molar-refractivity contribution in [3.8, 4) is 0 Å². The van der Waals surface area contributed by atoms with E-state index >= 15 is 0 Å². The molecule has 1 aromatic carbocycles. The lowest BCUT2D eigenvalue weighted by Crippen LogP contribution is -2.44. The van der Waals surface area contributed by atoms with Crippen molar-refractivity contribution in [3.63, 3.8) is 0 Å². The maximum absolute atomic E-state index is 12.2. The first-order valence-electron chi connectivity index (χ1n) is 6.80. The van der Waals surface area contributed by atoms with Gasteiger partial charge in [0.2, 0.25) is 5.91 Å². The monoisotopic (exact) mass is 311 g/mol. The Balaban J connectivity index is 1.94. The highest BCUT2D eigenvalue weighted by molar-refractivity contribution is 6.31. The molecule has 2 atom stereocenters. The molecule has 0 aliphatic carbocycles. The van der Waals surface area contributed by atoms with E-state index in [-0.39, 0.29) is 19.1 Å². The number of carboxylic acid groups (broad SMARTS) is 1. The SMILES string of the molecule is CN(C(=O)CCc1ccccc1Cl)C1COCC1C(=O)O. The Labute approximate surface area is 128 Å². The van der Waals surface area contributed by atoms with Gasteiger partial charge in [0.15, 0.2) is 0 Å². The molecule has 0 spiro atoms. The molecule has 21 heavy (non-hydrogen) atoms. The summed E-state index contributed by atoms with van der Waals surface area (Å²) in [7, 11) is 1.63. The number of carboxylic acids is 1. The topological polar surface area (TPSA) is 66.8 Å². The number of aliphatic carboxylic acids is 1. The molecule has 1 heterocycles. The summed E-state index contributed by atoms with van der Waals surface area (Å²) in [5, 5.41) is 9.76. The average Bonchev–Trinajstić information content (AvgIpc) is 2.95. The van der Waals surface area contributed by atoms with Crippen molar-refractivity contribution in [3.05, 3.63) is 34.9 Å². The first kappa shape index (κ1) is 15.8. The van der Waals surface area contributed by atoms with Crippen molar-refractivity contribution >= 4 is 23.5 Å². The van der Waals surface area contributed by atoms with Crippen molar-refractivity contribution < 1.29 is 19.4 Å². The van der Waals surface area contributed by atoms with E-state index in [9.17, 15) is 9.59 Å². The molecule has 5 nitrogen and oxygen atoms in total. The predicted molar refractivity (Wildman–Crippen MR) is 78.3 cm³/mol. The van der Waals surface area contributed by atoms with E-state index in [1.165, 1.54) is 4.90 Å². The molecule has 114 valence electrons. The molecular formula is C15H18ClNO4. The highest BCUT2D eigenvalue weighted by Crippen LogP contribution is 2.21. The Morgan fingerprint density at radius 3 is 2.76 bits per heavy atom. The van der Waals surface area contributed by atoms with Crippen LogP contribution in [0.3, 0.4) is 0 Å². The van der Waals surface area contributed by atoms with E-state index in [2.05, 4.69) is 0 Å². The van der Waals surface area contributed by atoms with Crippen LogP contribution >= 0.6 is 11.6 Å². The second-order valence-electron chi connectivity index (χ2n) is 5.15. The molecule has 0 saturated carbocycles. The molecule has 1 aliphatic heterocycles. The number of aryl methyl sites for hydroxylation is 1. The molecule has 1 aromatic rings. The van der Waals surface area contributed by atoms with Crippen LogP contribution in [-0.2, 0) is 20.7 Å². The zero-order valence-corrected chi connectivity index (χ0v) is 12.5. The van der Waals surface area contributed by atoms with Gasteiger partial charge in [-0.1, -0.05) is 29.8 Å². The second kappa shape index (κ2) is 6.91. The first-order valence-corrected chi connectivity index (χ1v) is 7.18. The number of amides is 1. The Morgan fingerprint density at radius 1 is 1.38 bits per heavy atom. The van der Waals surface area contributed by atoms with Crippen LogP contribution in [0, 0.1) is 5.92 Å². The summed E-state index contributed by atoms with van der Waals surface area (Å²) in [6.45, 7) is 0.424. The summed E-state index contributed by atoms with van der Waals surface area (Å²) in [6, 6.07) is 6.99.